The van der Waals surface area contributed by atoms with Crippen molar-refractivity contribution in [2.24, 2.45) is 0 Å². The van der Waals surface area contributed by atoms with Crippen LogP contribution in [0.15, 0.2) is 152 Å². The van der Waals surface area contributed by atoms with Gasteiger partial charge in [0.25, 0.3) is 6.71 Å². The summed E-state index contributed by atoms with van der Waals surface area (Å²) in [6.45, 7) is 6.68. The molecule has 0 aliphatic carbocycles. The van der Waals surface area contributed by atoms with E-state index in [4.69, 9.17) is 14.7 Å². The minimum atomic E-state index is -0.137. The van der Waals surface area contributed by atoms with E-state index in [-0.39, 0.29) is 38.9 Å². The molecule has 284 valence electrons. The van der Waals surface area contributed by atoms with Gasteiger partial charge in [0.2, 0.25) is 0 Å². The van der Waals surface area contributed by atoms with Crippen LogP contribution in [0, 0.1) is 6.07 Å². The number of phenols is 1. The van der Waals surface area contributed by atoms with E-state index in [9.17, 15) is 5.11 Å². The van der Waals surface area contributed by atoms with Crippen LogP contribution in [0.5, 0.6) is 17.2 Å². The second kappa shape index (κ2) is 13.0. The van der Waals surface area contributed by atoms with E-state index in [1.807, 2.05) is 30.5 Å². The normalized spacial score (nSPS) is 12.7. The van der Waals surface area contributed by atoms with Crippen LogP contribution >= 0.6 is 0 Å². The molecule has 0 saturated heterocycles. The van der Waals surface area contributed by atoms with Gasteiger partial charge in [-0.1, -0.05) is 134 Å². The number of hydrogen-bond acceptors (Lipinski definition) is 4. The van der Waals surface area contributed by atoms with Crippen molar-refractivity contribution < 1.29 is 30.9 Å². The van der Waals surface area contributed by atoms with Gasteiger partial charge in [0.15, 0.2) is 0 Å². The van der Waals surface area contributed by atoms with Gasteiger partial charge in [0.05, 0.1) is 21.9 Å². The smallest absolute Gasteiger partial charge is 0.252 e. The number of aromatic hydroxyl groups is 1. The molecule has 5 nitrogen and oxygen atoms in total. The summed E-state index contributed by atoms with van der Waals surface area (Å²) in [5.41, 5.74) is 16.2. The number of imidazole rings is 1. The van der Waals surface area contributed by atoms with Crippen LogP contribution < -0.4 is 21.1 Å². The number of aromatic nitrogens is 3. The Morgan fingerprint density at radius 1 is 0.661 bits per heavy atom. The average molecular weight is 940 g/mol. The van der Waals surface area contributed by atoms with Crippen molar-refractivity contribution in [1.29, 1.82) is 0 Å². The molecule has 1 N–H and O–H groups in total. The number of rotatable bonds is 3. The molecule has 2 aliphatic heterocycles. The van der Waals surface area contributed by atoms with E-state index in [0.717, 1.165) is 105 Å². The summed E-state index contributed by atoms with van der Waals surface area (Å²) < 4.78 is 8.73. The fraction of sp³-hybridized carbons (Fsp3) is 0.0769. The summed E-state index contributed by atoms with van der Waals surface area (Å²) >= 11 is 0. The molecule has 10 aromatic rings. The topological polar surface area (TPSA) is 59.7 Å². The number of fused-ring (bicyclic) bond motifs is 14. The Hall–Kier alpha value is -6.49. The van der Waals surface area contributed by atoms with E-state index in [0.29, 0.717) is 5.65 Å². The van der Waals surface area contributed by atoms with Crippen LogP contribution in [0.3, 0.4) is 0 Å². The number of para-hydroxylation sites is 3. The molecular weight excluding hydrogens is 904 g/mol. The van der Waals surface area contributed by atoms with E-state index in [1.54, 1.807) is 0 Å². The van der Waals surface area contributed by atoms with Crippen molar-refractivity contribution in [2.75, 3.05) is 0 Å². The van der Waals surface area contributed by atoms with Gasteiger partial charge in [0.1, 0.15) is 22.9 Å². The molecule has 2 aliphatic rings. The zero-order valence-electron chi connectivity index (χ0n) is 32.5. The summed E-state index contributed by atoms with van der Waals surface area (Å²) in [6.07, 6.45) is 1.88. The maximum Gasteiger partial charge on any atom is 0.252 e. The monoisotopic (exact) mass is 939 g/mol. The SMILES string of the molecule is CC(C)(C)c1cc(-c2cc(-c3ccccc3)ccn2)[c-]c(-c2cccc3c2nc2c4c(O)cc5c(c4c4ccccc4n32)-c2cccc3c2B5c2ccccc2O3)c1.[Pt]. The van der Waals surface area contributed by atoms with E-state index < -0.39 is 0 Å². The molecule has 0 fully saturated rings. The predicted molar refractivity (Wildman–Crippen MR) is 238 cm³/mol. The maximum absolute atomic E-state index is 12.3. The van der Waals surface area contributed by atoms with Gasteiger partial charge < -0.3 is 9.84 Å². The van der Waals surface area contributed by atoms with Crippen molar-refractivity contribution >= 4 is 61.5 Å². The molecular formula is C52H35BN3O2Pt-. The number of phenolic OH excluding ortho intramolecular Hbond substituents is 1. The van der Waals surface area contributed by atoms with Gasteiger partial charge in [-0.3, -0.25) is 9.38 Å². The van der Waals surface area contributed by atoms with Crippen LogP contribution in [0.25, 0.3) is 83.0 Å². The molecule has 3 aromatic heterocycles. The average Bonchev–Trinajstić information content (AvgIpc) is 3.81. The minimum Gasteiger partial charge on any atom is -0.507 e. The number of benzene rings is 7. The number of pyridine rings is 2. The summed E-state index contributed by atoms with van der Waals surface area (Å²) in [4.78, 5) is 10.4. The Labute approximate surface area is 356 Å². The standard InChI is InChI=1S/C52H35BN3O2.Pt/c1-52(2,3)34-26-32(25-33(27-34)40-28-31(23-24-54-40)30-13-5-4-6-14-30)35-16-11-20-42-50(35)55-51-48-43(57)29-39-46(47(48)36-15-7-9-19-41(36)56(42)51)37-17-12-22-45-49(37)53(39)38-18-8-10-21-44(38)58-45;/h4-24,26-29,57H,1-3H3;/q-1;. The molecule has 5 heterocycles. The zero-order chi connectivity index (χ0) is 38.9. The Morgan fingerprint density at radius 2 is 1.39 bits per heavy atom. The van der Waals surface area contributed by atoms with Gasteiger partial charge in [0, 0.05) is 43.7 Å². The summed E-state index contributed by atoms with van der Waals surface area (Å²) in [6, 6.07) is 54.4. The molecule has 12 rings (SSSR count). The number of ether oxygens (including phenoxy) is 1. The fourth-order valence-electron chi connectivity index (χ4n) is 9.54. The van der Waals surface area contributed by atoms with E-state index in [1.165, 1.54) is 5.56 Å². The second-order valence-electron chi connectivity index (χ2n) is 16.6. The third kappa shape index (κ3) is 5.22. The van der Waals surface area contributed by atoms with E-state index in [2.05, 4.69) is 153 Å². The number of hydrogen-bond donors (Lipinski definition) is 1. The third-order valence-corrected chi connectivity index (χ3v) is 12.2. The van der Waals surface area contributed by atoms with Crippen molar-refractivity contribution in [3.63, 3.8) is 0 Å². The molecule has 0 saturated carbocycles. The predicted octanol–water partition coefficient (Wildman–Crippen LogP) is 10.6. The quantitative estimate of drug-likeness (QED) is 0.109. The van der Waals surface area contributed by atoms with Gasteiger partial charge >= 0.3 is 0 Å². The summed E-state index contributed by atoms with van der Waals surface area (Å²) in [7, 11) is 0. The second-order valence-corrected chi connectivity index (χ2v) is 16.6. The first-order chi connectivity index (χ1) is 28.3. The van der Waals surface area contributed by atoms with Gasteiger partial charge in [-0.05, 0) is 75.0 Å². The first-order valence-electron chi connectivity index (χ1n) is 19.8. The maximum atomic E-state index is 12.3. The van der Waals surface area contributed by atoms with Crippen molar-refractivity contribution in [1.82, 2.24) is 14.4 Å². The van der Waals surface area contributed by atoms with Crippen LogP contribution in [-0.2, 0) is 26.5 Å². The first-order valence-corrected chi connectivity index (χ1v) is 19.8. The van der Waals surface area contributed by atoms with Crippen LogP contribution in [0.4, 0.5) is 0 Å². The molecule has 7 heteroatoms. The van der Waals surface area contributed by atoms with Crippen molar-refractivity contribution in [3.8, 4) is 61.9 Å². The van der Waals surface area contributed by atoms with Gasteiger partial charge in [-0.15, -0.1) is 29.3 Å². The van der Waals surface area contributed by atoms with Crippen LogP contribution in [-0.4, -0.2) is 26.2 Å². The van der Waals surface area contributed by atoms with Gasteiger partial charge in [-0.25, -0.2) is 4.98 Å². The fourth-order valence-corrected chi connectivity index (χ4v) is 9.54. The Bertz CT molecular complexity index is 3390. The zero-order valence-corrected chi connectivity index (χ0v) is 34.8. The minimum absolute atomic E-state index is 0. The molecule has 0 bridgehead atoms. The van der Waals surface area contributed by atoms with Crippen LogP contribution in [0.1, 0.15) is 26.3 Å². The summed E-state index contributed by atoms with van der Waals surface area (Å²) in [5.74, 6) is 1.93. The molecule has 0 spiro atoms. The largest absolute Gasteiger partial charge is 0.507 e. The van der Waals surface area contributed by atoms with E-state index >= 15 is 0 Å². The third-order valence-electron chi connectivity index (χ3n) is 12.2. The molecule has 0 radical (unpaired) electrons. The molecule has 59 heavy (non-hydrogen) atoms. The summed E-state index contributed by atoms with van der Waals surface area (Å²) in [5, 5.41) is 15.1. The van der Waals surface area contributed by atoms with Crippen molar-refractivity contribution in [3.05, 3.63) is 163 Å². The first kappa shape index (κ1) is 35.7. The Morgan fingerprint density at radius 3 is 2.25 bits per heavy atom. The Balaban J connectivity index is 0.00000397. The molecule has 0 amide bonds. The Kier molecular flexibility index (Phi) is 7.86. The number of nitrogens with zero attached hydrogens (tertiary/aromatic N) is 3. The molecule has 0 unspecified atom stereocenters. The van der Waals surface area contributed by atoms with Gasteiger partial charge in [-0.2, -0.15) is 0 Å². The van der Waals surface area contributed by atoms with Crippen molar-refractivity contribution in [2.45, 2.75) is 26.2 Å². The van der Waals surface area contributed by atoms with Crippen LogP contribution in [0.2, 0.25) is 0 Å². The molecule has 7 aromatic carbocycles. The molecule has 0 atom stereocenters.